The number of nitrogens with zero attached hydrogens (tertiary/aromatic N) is 3. The fourth-order valence-electron chi connectivity index (χ4n) is 12.3. The van der Waals surface area contributed by atoms with Gasteiger partial charge in [-0.05, 0) is 55.2 Å². The second kappa shape index (κ2) is 55.9. The fraction of sp³-hybridized carbons (Fsp3) is 0.846. The second-order valence-corrected chi connectivity index (χ2v) is 28.4. The maximum Gasteiger partial charge on any atom is 0.261 e. The van der Waals surface area contributed by atoms with E-state index in [1.165, 1.54) is 240 Å². The van der Waals surface area contributed by atoms with E-state index in [-0.39, 0.29) is 54.1 Å². The summed E-state index contributed by atoms with van der Waals surface area (Å²) in [5.74, 6) is -4.58. The summed E-state index contributed by atoms with van der Waals surface area (Å²) in [6.07, 6.45) is 56.9. The van der Waals surface area contributed by atoms with E-state index in [9.17, 15) is 19.2 Å². The Labute approximate surface area is 554 Å². The predicted octanol–water partition coefficient (Wildman–Crippen LogP) is 20.3. The van der Waals surface area contributed by atoms with Crippen LogP contribution in [0, 0.1) is 17.8 Å². The molecule has 1 aromatic carbocycles. The summed E-state index contributed by atoms with van der Waals surface area (Å²) in [5, 5.41) is 0. The zero-order valence-corrected chi connectivity index (χ0v) is 60.3. The Kier molecular flexibility index (Phi) is 52.5. The van der Waals surface area contributed by atoms with Crippen molar-refractivity contribution in [1.29, 1.82) is 0 Å². The van der Waals surface area contributed by atoms with Crippen LogP contribution < -0.4 is 17.2 Å². The third-order valence-electron chi connectivity index (χ3n) is 19.0. The van der Waals surface area contributed by atoms with Gasteiger partial charge in [0.1, 0.15) is 0 Å². The average molecular weight is 1260 g/mol. The molecule has 522 valence electrons. The lowest BCUT2D eigenvalue weighted by Gasteiger charge is -2.29. The van der Waals surface area contributed by atoms with Crippen LogP contribution in [-0.2, 0) is 14.4 Å². The monoisotopic (exact) mass is 1260 g/mol. The molecule has 90 heavy (non-hydrogen) atoms. The molecule has 0 aliphatic carbocycles. The van der Waals surface area contributed by atoms with Crippen LogP contribution in [-0.4, -0.2) is 87.9 Å². The first-order valence-corrected chi connectivity index (χ1v) is 38.5. The number of unbranched alkanes of at least 4 members (excludes halogenated alkanes) is 45. The van der Waals surface area contributed by atoms with Gasteiger partial charge >= 0.3 is 0 Å². The Morgan fingerprint density at radius 2 is 0.467 bits per heavy atom. The number of imide groups is 3. The highest BCUT2D eigenvalue weighted by Crippen LogP contribution is 2.25. The number of hydrogen-bond donors (Lipinski definition) is 3. The average Bonchev–Trinajstić information content (AvgIpc) is 0.917. The normalized spacial score (nSPS) is 12.7. The molecule has 0 heterocycles. The topological polar surface area (TPSA) is 190 Å². The van der Waals surface area contributed by atoms with Crippen molar-refractivity contribution in [2.75, 3.05) is 19.6 Å². The fourth-order valence-corrected chi connectivity index (χ4v) is 12.3. The number of amides is 6. The molecule has 0 fully saturated rings. The van der Waals surface area contributed by atoms with E-state index >= 15 is 9.59 Å². The smallest absolute Gasteiger partial charge is 0.261 e. The summed E-state index contributed by atoms with van der Waals surface area (Å²) in [6.45, 7) is 18.1. The summed E-state index contributed by atoms with van der Waals surface area (Å²) in [6, 6.07) is 1.28. The minimum atomic E-state index is -1.01. The van der Waals surface area contributed by atoms with Gasteiger partial charge in [-0.2, -0.15) is 0 Å². The largest absolute Gasteiger partial charge is 0.320 e. The molecule has 0 bridgehead atoms. The molecule has 0 aromatic heterocycles. The van der Waals surface area contributed by atoms with Crippen LogP contribution in [0.5, 0.6) is 0 Å². The number of benzene rings is 1. The lowest BCUT2D eigenvalue weighted by Crippen LogP contribution is -2.51. The van der Waals surface area contributed by atoms with Gasteiger partial charge in [0.2, 0.25) is 17.7 Å². The summed E-state index contributed by atoms with van der Waals surface area (Å²) >= 11 is 0. The predicted molar refractivity (Wildman–Crippen MR) is 382 cm³/mol. The van der Waals surface area contributed by atoms with Crippen molar-refractivity contribution in [2.45, 2.75) is 389 Å². The molecule has 0 saturated heterocycles. The molecule has 0 aliphatic rings. The number of carbonyl (C=O) groups is 6. The van der Waals surface area contributed by atoms with E-state index in [1.807, 2.05) is 41.5 Å². The highest BCUT2D eigenvalue weighted by Gasteiger charge is 2.36. The number of nitrogens with two attached hydrogens (primary N) is 3. The van der Waals surface area contributed by atoms with Crippen molar-refractivity contribution >= 4 is 35.4 Å². The summed E-state index contributed by atoms with van der Waals surface area (Å²) < 4.78 is 0. The van der Waals surface area contributed by atoms with Gasteiger partial charge in [0, 0.05) is 25.2 Å². The quantitative estimate of drug-likeness (QED) is 0.0533. The van der Waals surface area contributed by atoms with Crippen molar-refractivity contribution in [1.82, 2.24) is 14.7 Å². The van der Waals surface area contributed by atoms with Crippen molar-refractivity contribution in [3.8, 4) is 0 Å². The van der Waals surface area contributed by atoms with E-state index in [1.54, 1.807) is 0 Å². The lowest BCUT2D eigenvalue weighted by atomic mass is 9.97. The van der Waals surface area contributed by atoms with Crippen molar-refractivity contribution in [3.05, 3.63) is 34.9 Å². The van der Waals surface area contributed by atoms with Gasteiger partial charge < -0.3 is 17.2 Å². The molecular weight excluding hydrogens is 1120 g/mol. The molecule has 12 nitrogen and oxygen atoms in total. The molecule has 1 rings (SSSR count). The van der Waals surface area contributed by atoms with Crippen molar-refractivity contribution in [2.24, 2.45) is 35.0 Å². The minimum absolute atomic E-state index is 0.00762. The van der Waals surface area contributed by atoms with Crippen LogP contribution in [0.2, 0.25) is 0 Å². The van der Waals surface area contributed by atoms with Gasteiger partial charge in [-0.3, -0.25) is 43.5 Å². The highest BCUT2D eigenvalue weighted by atomic mass is 16.2. The van der Waals surface area contributed by atoms with E-state index in [4.69, 9.17) is 17.2 Å². The molecule has 0 saturated carbocycles. The van der Waals surface area contributed by atoms with Gasteiger partial charge in [0.25, 0.3) is 17.7 Å². The minimum Gasteiger partial charge on any atom is -0.320 e. The van der Waals surface area contributed by atoms with Gasteiger partial charge in [-0.15, -0.1) is 0 Å². The molecule has 0 unspecified atom stereocenters. The van der Waals surface area contributed by atoms with Gasteiger partial charge in [0.15, 0.2) is 0 Å². The second-order valence-electron chi connectivity index (χ2n) is 28.4. The van der Waals surface area contributed by atoms with Crippen molar-refractivity contribution < 1.29 is 28.8 Å². The third kappa shape index (κ3) is 38.6. The van der Waals surface area contributed by atoms with Crippen LogP contribution in [0.1, 0.15) is 402 Å². The Morgan fingerprint density at radius 1 is 0.278 bits per heavy atom. The van der Waals surface area contributed by atoms with E-state index in [2.05, 4.69) is 20.8 Å². The standard InChI is InChI=1S/C78H144N6O6/c1-10-13-16-19-22-25-28-31-34-37-40-43-46-49-52-55-60-82(76(88)70(79)64(4)5)73(85)67-58-59-68(74(86)83(77(89)71(80)65(6)7)61-56-53-50-47-44-41-38-35-32-29-26-23-20-17-14-11-2)69(63-67)75(87)84(78(90)72(81)66(8)9)62-57-54-51-48-45-42-39-36-33-30-27-24-21-18-15-12-3/h58-59,63-66,70-72H,10-57,60-62,79-81H2,1-9H3/t70-,71-,72-/m0/s1. The maximum absolute atomic E-state index is 15.5. The van der Waals surface area contributed by atoms with E-state index < -0.39 is 53.6 Å². The molecule has 12 heteroatoms. The van der Waals surface area contributed by atoms with Crippen molar-refractivity contribution in [3.63, 3.8) is 0 Å². The molecule has 0 radical (unpaired) electrons. The molecule has 0 aliphatic heterocycles. The Hall–Kier alpha value is -3.48. The lowest BCUT2D eigenvalue weighted by molar-refractivity contribution is -0.132. The van der Waals surface area contributed by atoms with Crippen LogP contribution in [0.25, 0.3) is 0 Å². The van der Waals surface area contributed by atoms with Crippen LogP contribution in [0.3, 0.4) is 0 Å². The zero-order chi connectivity index (χ0) is 66.6. The van der Waals surface area contributed by atoms with E-state index in [0.717, 1.165) is 81.9 Å². The number of rotatable bonds is 60. The van der Waals surface area contributed by atoms with Gasteiger partial charge in [0.05, 0.1) is 29.3 Å². The third-order valence-corrected chi connectivity index (χ3v) is 19.0. The van der Waals surface area contributed by atoms with Crippen LogP contribution in [0.4, 0.5) is 0 Å². The molecule has 6 amide bonds. The Bertz CT molecular complexity index is 1990. The van der Waals surface area contributed by atoms with Crippen LogP contribution >= 0.6 is 0 Å². The number of carbonyl (C=O) groups excluding carboxylic acids is 6. The summed E-state index contributed by atoms with van der Waals surface area (Å²) in [5.41, 5.74) is 19.4. The molecular formula is C78H144N6O6. The SMILES string of the molecule is CCCCCCCCCCCCCCCCCCN(C(=O)c1ccc(C(=O)N(CCCCCCCCCCCCCCCCCC)C(=O)[C@@H](N)C(C)C)c(C(=O)N(CCCCCCCCCCCCCCCCCC)C(=O)[C@@H](N)C(C)C)c1)C(=O)[C@@H](N)C(C)C. The first kappa shape index (κ1) is 84.5. The highest BCUT2D eigenvalue weighted by molar-refractivity contribution is 6.16. The number of hydrogen-bond acceptors (Lipinski definition) is 9. The maximum atomic E-state index is 15.5. The van der Waals surface area contributed by atoms with E-state index in [0.29, 0.717) is 19.3 Å². The Balaban J connectivity index is 3.47. The Morgan fingerprint density at radius 3 is 0.678 bits per heavy atom. The zero-order valence-electron chi connectivity index (χ0n) is 60.3. The van der Waals surface area contributed by atoms with Crippen LogP contribution in [0.15, 0.2) is 18.2 Å². The van der Waals surface area contributed by atoms with Gasteiger partial charge in [-0.1, -0.05) is 351 Å². The van der Waals surface area contributed by atoms with Gasteiger partial charge in [-0.25, -0.2) is 0 Å². The first-order valence-electron chi connectivity index (χ1n) is 38.5. The molecule has 6 N–H and O–H groups in total. The first-order chi connectivity index (χ1) is 43.5. The summed E-state index contributed by atoms with van der Waals surface area (Å²) in [7, 11) is 0. The molecule has 3 atom stereocenters. The molecule has 0 spiro atoms. The summed E-state index contributed by atoms with van der Waals surface area (Å²) in [4.78, 5) is 92.4. The molecule has 1 aromatic rings.